The van der Waals surface area contributed by atoms with Gasteiger partial charge in [-0.05, 0) is 20.8 Å². The molecule has 1 aromatic heterocycles. The summed E-state index contributed by atoms with van der Waals surface area (Å²) >= 11 is 0. The number of amides is 1. The maximum atomic E-state index is 11.3. The standard InChI is InChI=1S/C11H16N2O6/c1-11(2,3)18-10(17)12-6-9(16)19-13-7(14)4-5-8(13)15/h4-5,14-15H,6H2,1-3H3,(H,12,17). The lowest BCUT2D eigenvalue weighted by atomic mass is 10.2. The van der Waals surface area contributed by atoms with Crippen molar-refractivity contribution in [3.8, 4) is 11.8 Å². The van der Waals surface area contributed by atoms with E-state index in [4.69, 9.17) is 4.74 Å². The van der Waals surface area contributed by atoms with Gasteiger partial charge in [0, 0.05) is 12.1 Å². The van der Waals surface area contributed by atoms with Gasteiger partial charge in [0.2, 0.25) is 11.8 Å². The van der Waals surface area contributed by atoms with Crippen LogP contribution in [0, 0.1) is 0 Å². The molecule has 0 bridgehead atoms. The molecule has 0 spiro atoms. The molecule has 0 radical (unpaired) electrons. The van der Waals surface area contributed by atoms with Crippen LogP contribution >= 0.6 is 0 Å². The van der Waals surface area contributed by atoms with E-state index in [1.54, 1.807) is 20.8 Å². The van der Waals surface area contributed by atoms with E-state index in [0.717, 1.165) is 12.1 Å². The fourth-order valence-electron chi connectivity index (χ4n) is 1.09. The van der Waals surface area contributed by atoms with Gasteiger partial charge in [0.05, 0.1) is 0 Å². The monoisotopic (exact) mass is 272 g/mol. The molecule has 8 heteroatoms. The van der Waals surface area contributed by atoms with E-state index in [9.17, 15) is 19.8 Å². The van der Waals surface area contributed by atoms with Crippen LogP contribution in [-0.2, 0) is 9.53 Å². The number of rotatable bonds is 3. The van der Waals surface area contributed by atoms with Crippen LogP contribution in [0.1, 0.15) is 20.8 Å². The Morgan fingerprint density at radius 1 is 1.26 bits per heavy atom. The molecule has 1 rings (SSSR count). The largest absolute Gasteiger partial charge is 0.492 e. The highest BCUT2D eigenvalue weighted by atomic mass is 16.7. The fourth-order valence-corrected chi connectivity index (χ4v) is 1.09. The highest BCUT2D eigenvalue weighted by molar-refractivity contribution is 5.78. The number of nitrogens with zero attached hydrogens (tertiary/aromatic N) is 1. The molecule has 0 aliphatic rings. The molecule has 0 fully saturated rings. The molecule has 0 aromatic carbocycles. The number of alkyl carbamates (subject to hydrolysis) is 1. The molecule has 3 N–H and O–H groups in total. The van der Waals surface area contributed by atoms with Crippen LogP contribution in [0.3, 0.4) is 0 Å². The molecule has 1 amide bonds. The first kappa shape index (κ1) is 14.7. The molecular weight excluding hydrogens is 256 g/mol. The van der Waals surface area contributed by atoms with Crippen molar-refractivity contribution in [1.29, 1.82) is 0 Å². The van der Waals surface area contributed by atoms with Crippen LogP contribution in [0.2, 0.25) is 0 Å². The Balaban J connectivity index is 2.43. The molecule has 106 valence electrons. The number of aromatic hydroxyl groups is 2. The first-order chi connectivity index (χ1) is 8.69. The Kier molecular flexibility index (Phi) is 4.26. The van der Waals surface area contributed by atoms with E-state index in [1.807, 2.05) is 0 Å². The summed E-state index contributed by atoms with van der Waals surface area (Å²) < 4.78 is 5.43. The van der Waals surface area contributed by atoms with Crippen LogP contribution in [0.4, 0.5) is 4.79 Å². The van der Waals surface area contributed by atoms with E-state index in [1.165, 1.54) is 0 Å². The zero-order valence-electron chi connectivity index (χ0n) is 10.8. The SMILES string of the molecule is CC(C)(C)OC(=O)NCC(=O)On1c(O)ccc1O. The van der Waals surface area contributed by atoms with Gasteiger partial charge in [-0.2, -0.15) is 0 Å². The number of hydrogen-bond donors (Lipinski definition) is 3. The highest BCUT2D eigenvalue weighted by Gasteiger charge is 2.18. The second-order valence-corrected chi connectivity index (χ2v) is 4.66. The summed E-state index contributed by atoms with van der Waals surface area (Å²) in [4.78, 5) is 27.2. The number of nitrogens with one attached hydrogen (secondary N) is 1. The van der Waals surface area contributed by atoms with Gasteiger partial charge in [-0.15, -0.1) is 4.73 Å². The predicted octanol–water partition coefficient (Wildman–Crippen LogP) is 0.379. The predicted molar refractivity (Wildman–Crippen MR) is 63.6 cm³/mol. The van der Waals surface area contributed by atoms with Gasteiger partial charge in [-0.1, -0.05) is 0 Å². The van der Waals surface area contributed by atoms with Gasteiger partial charge >= 0.3 is 12.1 Å². The van der Waals surface area contributed by atoms with Gasteiger partial charge in [-0.3, -0.25) is 0 Å². The van der Waals surface area contributed by atoms with Crippen molar-refractivity contribution in [1.82, 2.24) is 10.0 Å². The Hall–Kier alpha value is -2.38. The Bertz CT molecular complexity index is 455. The molecule has 0 saturated carbocycles. The molecule has 8 nitrogen and oxygen atoms in total. The third-order valence-corrected chi connectivity index (χ3v) is 1.77. The normalized spacial score (nSPS) is 10.9. The van der Waals surface area contributed by atoms with Crippen molar-refractivity contribution in [2.45, 2.75) is 26.4 Å². The fraction of sp³-hybridized carbons (Fsp3) is 0.455. The van der Waals surface area contributed by atoms with Crippen LogP contribution in [-0.4, -0.2) is 39.2 Å². The number of ether oxygens (including phenoxy) is 1. The average Bonchev–Trinajstić information content (AvgIpc) is 2.56. The lowest BCUT2D eigenvalue weighted by Crippen LogP contribution is -2.38. The van der Waals surface area contributed by atoms with Crippen molar-refractivity contribution in [3.63, 3.8) is 0 Å². The van der Waals surface area contributed by atoms with Crippen LogP contribution < -0.4 is 10.2 Å². The van der Waals surface area contributed by atoms with Crippen LogP contribution in [0.5, 0.6) is 11.8 Å². The molecule has 0 saturated heterocycles. The quantitative estimate of drug-likeness (QED) is 0.733. The van der Waals surface area contributed by atoms with E-state index in [-0.39, 0.29) is 0 Å². The van der Waals surface area contributed by atoms with Crippen molar-refractivity contribution >= 4 is 12.1 Å². The van der Waals surface area contributed by atoms with Crippen molar-refractivity contribution in [2.24, 2.45) is 0 Å². The van der Waals surface area contributed by atoms with E-state index in [2.05, 4.69) is 10.2 Å². The number of carbonyl (C=O) groups is 2. The molecule has 0 aliphatic heterocycles. The van der Waals surface area contributed by atoms with E-state index in [0.29, 0.717) is 4.73 Å². The molecule has 0 unspecified atom stereocenters. The summed E-state index contributed by atoms with van der Waals surface area (Å²) in [6, 6.07) is 2.29. The molecule has 19 heavy (non-hydrogen) atoms. The molecular formula is C11H16N2O6. The summed E-state index contributed by atoms with van der Waals surface area (Å²) in [5.41, 5.74) is -0.676. The minimum absolute atomic E-state index is 0.442. The maximum absolute atomic E-state index is 11.3. The van der Waals surface area contributed by atoms with Crippen molar-refractivity contribution < 1.29 is 29.4 Å². The topological polar surface area (TPSA) is 110 Å². The Morgan fingerprint density at radius 3 is 2.26 bits per heavy atom. The van der Waals surface area contributed by atoms with Gasteiger partial charge in [-0.25, -0.2) is 9.59 Å². The Morgan fingerprint density at radius 2 is 1.79 bits per heavy atom. The van der Waals surface area contributed by atoms with Crippen LogP contribution in [0.25, 0.3) is 0 Å². The first-order valence-corrected chi connectivity index (χ1v) is 5.47. The second-order valence-electron chi connectivity index (χ2n) is 4.66. The summed E-state index contributed by atoms with van der Waals surface area (Å²) in [5, 5.41) is 20.6. The van der Waals surface area contributed by atoms with Gasteiger partial charge < -0.3 is 25.1 Å². The zero-order chi connectivity index (χ0) is 14.6. The van der Waals surface area contributed by atoms with Gasteiger partial charge in [0.1, 0.15) is 12.1 Å². The third kappa shape index (κ3) is 4.78. The van der Waals surface area contributed by atoms with Gasteiger partial charge in [0.25, 0.3) is 0 Å². The summed E-state index contributed by atoms with van der Waals surface area (Å²) in [6.45, 7) is 4.58. The van der Waals surface area contributed by atoms with Crippen molar-refractivity contribution in [2.75, 3.05) is 6.54 Å². The smallest absolute Gasteiger partial charge is 0.408 e. The molecule has 1 heterocycles. The number of aromatic nitrogens is 1. The minimum atomic E-state index is -0.882. The summed E-state index contributed by atoms with van der Waals surface area (Å²) in [7, 11) is 0. The molecule has 1 aromatic rings. The lowest BCUT2D eigenvalue weighted by Gasteiger charge is -2.19. The number of carbonyl (C=O) groups excluding carboxylic acids is 2. The number of hydrogen-bond acceptors (Lipinski definition) is 6. The minimum Gasteiger partial charge on any atom is -0.492 e. The second kappa shape index (κ2) is 5.51. The maximum Gasteiger partial charge on any atom is 0.408 e. The first-order valence-electron chi connectivity index (χ1n) is 5.47. The van der Waals surface area contributed by atoms with Crippen LogP contribution in [0.15, 0.2) is 12.1 Å². The van der Waals surface area contributed by atoms with E-state index >= 15 is 0 Å². The lowest BCUT2D eigenvalue weighted by molar-refractivity contribution is -0.144. The van der Waals surface area contributed by atoms with Crippen molar-refractivity contribution in [3.05, 3.63) is 12.1 Å². The highest BCUT2D eigenvalue weighted by Crippen LogP contribution is 2.18. The zero-order valence-corrected chi connectivity index (χ0v) is 10.8. The molecule has 0 aliphatic carbocycles. The average molecular weight is 272 g/mol. The summed E-state index contributed by atoms with van der Waals surface area (Å²) in [5.74, 6) is -1.76. The third-order valence-electron chi connectivity index (χ3n) is 1.77. The summed E-state index contributed by atoms with van der Waals surface area (Å²) in [6.07, 6.45) is -0.773. The Labute approximate surface area is 109 Å². The molecule has 0 atom stereocenters. The van der Waals surface area contributed by atoms with E-state index < -0.39 is 36.0 Å². The van der Waals surface area contributed by atoms with Gasteiger partial charge in [0.15, 0.2) is 0 Å².